The molecule has 1 unspecified atom stereocenters. The van der Waals surface area contributed by atoms with Crippen molar-refractivity contribution in [3.63, 3.8) is 0 Å². The fourth-order valence-corrected chi connectivity index (χ4v) is 5.29. The van der Waals surface area contributed by atoms with Gasteiger partial charge in [-0.3, -0.25) is 9.10 Å². The Hall–Kier alpha value is -2.46. The SMILES string of the molecule is CC1CC(=O)N(C)c2ccccc2N1S(=O)(=O)c1cnn2cc(Br)cnc12. The van der Waals surface area contributed by atoms with Gasteiger partial charge in [-0.25, -0.2) is 17.9 Å². The summed E-state index contributed by atoms with van der Waals surface area (Å²) in [6.07, 6.45) is 4.52. The van der Waals surface area contributed by atoms with Crippen molar-refractivity contribution in [2.45, 2.75) is 24.3 Å². The van der Waals surface area contributed by atoms with Crippen LogP contribution in [0.25, 0.3) is 5.65 Å². The van der Waals surface area contributed by atoms with Crippen molar-refractivity contribution in [2.75, 3.05) is 16.3 Å². The van der Waals surface area contributed by atoms with Crippen LogP contribution in [-0.2, 0) is 14.8 Å². The van der Waals surface area contributed by atoms with Gasteiger partial charge in [0.15, 0.2) is 10.5 Å². The molecule has 0 saturated carbocycles. The van der Waals surface area contributed by atoms with E-state index < -0.39 is 16.1 Å². The molecule has 1 aliphatic heterocycles. The van der Waals surface area contributed by atoms with E-state index in [1.807, 2.05) is 0 Å². The third-order valence-corrected chi connectivity index (χ3v) is 6.88. The molecule has 0 N–H and O–H groups in total. The number of anilines is 2. The van der Waals surface area contributed by atoms with Gasteiger partial charge in [0.25, 0.3) is 10.0 Å². The van der Waals surface area contributed by atoms with Crippen molar-refractivity contribution in [2.24, 2.45) is 0 Å². The lowest BCUT2D eigenvalue weighted by atomic mass is 10.2. The summed E-state index contributed by atoms with van der Waals surface area (Å²) >= 11 is 3.30. The Morgan fingerprint density at radius 1 is 1.19 bits per heavy atom. The number of amides is 1. The van der Waals surface area contributed by atoms with Crippen LogP contribution in [0.5, 0.6) is 0 Å². The molecule has 0 bridgehead atoms. The summed E-state index contributed by atoms with van der Waals surface area (Å²) in [6.45, 7) is 1.72. The first kappa shape index (κ1) is 17.9. The molecular formula is C17H16BrN5O3S. The minimum Gasteiger partial charge on any atom is -0.313 e. The number of hydrogen-bond donors (Lipinski definition) is 0. The van der Waals surface area contributed by atoms with E-state index in [0.29, 0.717) is 15.8 Å². The average molecular weight is 450 g/mol. The largest absolute Gasteiger partial charge is 0.313 e. The summed E-state index contributed by atoms with van der Waals surface area (Å²) in [5.74, 6) is -0.144. The van der Waals surface area contributed by atoms with Crippen LogP contribution in [0.2, 0.25) is 0 Å². The van der Waals surface area contributed by atoms with E-state index in [-0.39, 0.29) is 22.9 Å². The molecule has 0 fully saturated rings. The molecule has 27 heavy (non-hydrogen) atoms. The fraction of sp³-hybridized carbons (Fsp3) is 0.235. The summed E-state index contributed by atoms with van der Waals surface area (Å²) in [5, 5.41) is 4.12. The van der Waals surface area contributed by atoms with E-state index in [0.717, 1.165) is 0 Å². The minimum absolute atomic E-state index is 0.00587. The summed E-state index contributed by atoms with van der Waals surface area (Å²) in [4.78, 5) is 18.2. The highest BCUT2D eigenvalue weighted by molar-refractivity contribution is 9.10. The number of fused-ring (bicyclic) bond motifs is 2. The highest BCUT2D eigenvalue weighted by atomic mass is 79.9. The van der Waals surface area contributed by atoms with Gasteiger partial charge in [0.05, 0.1) is 28.1 Å². The Balaban J connectivity index is 1.94. The van der Waals surface area contributed by atoms with Crippen molar-refractivity contribution in [3.8, 4) is 0 Å². The highest BCUT2D eigenvalue weighted by Gasteiger charge is 2.38. The van der Waals surface area contributed by atoms with E-state index in [4.69, 9.17) is 0 Å². The van der Waals surface area contributed by atoms with Crippen LogP contribution in [0, 0.1) is 0 Å². The average Bonchev–Trinajstić information content (AvgIpc) is 3.01. The monoisotopic (exact) mass is 449 g/mol. The first-order valence-electron chi connectivity index (χ1n) is 8.19. The van der Waals surface area contributed by atoms with Crippen LogP contribution < -0.4 is 9.21 Å². The number of benzene rings is 1. The summed E-state index contributed by atoms with van der Waals surface area (Å²) in [5.41, 5.74) is 1.23. The van der Waals surface area contributed by atoms with Crippen molar-refractivity contribution >= 4 is 48.9 Å². The maximum Gasteiger partial charge on any atom is 0.270 e. The first-order chi connectivity index (χ1) is 12.8. The summed E-state index contributed by atoms with van der Waals surface area (Å²) in [7, 11) is -2.35. The highest BCUT2D eigenvalue weighted by Crippen LogP contribution is 2.38. The van der Waals surface area contributed by atoms with Gasteiger partial charge >= 0.3 is 0 Å². The molecule has 0 radical (unpaired) electrons. The Morgan fingerprint density at radius 2 is 1.89 bits per heavy atom. The molecule has 0 saturated heterocycles. The van der Waals surface area contributed by atoms with E-state index in [2.05, 4.69) is 26.0 Å². The first-order valence-corrected chi connectivity index (χ1v) is 10.4. The molecule has 2 aromatic heterocycles. The number of hydrogen-bond acceptors (Lipinski definition) is 5. The van der Waals surface area contributed by atoms with Crippen LogP contribution in [0.3, 0.4) is 0 Å². The molecule has 0 spiro atoms. The van der Waals surface area contributed by atoms with Crippen molar-refractivity contribution < 1.29 is 13.2 Å². The number of nitrogens with zero attached hydrogens (tertiary/aromatic N) is 5. The third kappa shape index (κ3) is 2.79. The molecule has 4 rings (SSSR count). The van der Waals surface area contributed by atoms with Crippen molar-refractivity contribution in [3.05, 3.63) is 47.3 Å². The van der Waals surface area contributed by atoms with Crippen LogP contribution in [-0.4, -0.2) is 42.0 Å². The number of carbonyl (C=O) groups is 1. The summed E-state index contributed by atoms with van der Waals surface area (Å²) < 4.78 is 30.5. The predicted molar refractivity (Wildman–Crippen MR) is 104 cm³/mol. The van der Waals surface area contributed by atoms with Gasteiger partial charge in [-0.1, -0.05) is 12.1 Å². The van der Waals surface area contributed by atoms with Crippen molar-refractivity contribution in [1.29, 1.82) is 0 Å². The van der Waals surface area contributed by atoms with Crippen LogP contribution in [0.15, 0.2) is 52.2 Å². The lowest BCUT2D eigenvalue weighted by molar-refractivity contribution is -0.118. The molecule has 1 aromatic carbocycles. The Kier molecular flexibility index (Phi) is 4.19. The topological polar surface area (TPSA) is 87.9 Å². The van der Waals surface area contributed by atoms with E-state index in [9.17, 15) is 13.2 Å². The molecule has 8 nitrogen and oxygen atoms in total. The second-order valence-electron chi connectivity index (χ2n) is 6.34. The van der Waals surface area contributed by atoms with Gasteiger partial charge < -0.3 is 4.90 Å². The molecule has 1 amide bonds. The molecule has 1 aliphatic rings. The van der Waals surface area contributed by atoms with Gasteiger partial charge in [-0.05, 0) is 35.0 Å². The van der Waals surface area contributed by atoms with Gasteiger partial charge in [-0.15, -0.1) is 0 Å². The van der Waals surface area contributed by atoms with Gasteiger partial charge in [0.1, 0.15) is 0 Å². The zero-order chi connectivity index (χ0) is 19.3. The molecule has 1 atom stereocenters. The van der Waals surface area contributed by atoms with Gasteiger partial charge in [0, 0.05) is 25.9 Å². The Bertz CT molecular complexity index is 1160. The number of carbonyl (C=O) groups excluding carboxylic acids is 1. The number of halogens is 1. The van der Waals surface area contributed by atoms with Crippen LogP contribution >= 0.6 is 15.9 Å². The lowest BCUT2D eigenvalue weighted by Crippen LogP contribution is -2.39. The molecule has 0 aliphatic carbocycles. The van der Waals surface area contributed by atoms with Gasteiger partial charge in [0.2, 0.25) is 5.91 Å². The molecule has 10 heteroatoms. The number of para-hydroxylation sites is 2. The fourth-order valence-electron chi connectivity index (χ4n) is 3.26. The van der Waals surface area contributed by atoms with Crippen molar-refractivity contribution in [1.82, 2.24) is 14.6 Å². The van der Waals surface area contributed by atoms with Crippen LogP contribution in [0.1, 0.15) is 13.3 Å². The maximum absolute atomic E-state index is 13.6. The summed E-state index contributed by atoms with van der Waals surface area (Å²) in [6, 6.07) is 6.41. The van der Waals surface area contributed by atoms with Crippen LogP contribution in [0.4, 0.5) is 11.4 Å². The quantitative estimate of drug-likeness (QED) is 0.599. The molecular weight excluding hydrogens is 434 g/mol. The minimum atomic E-state index is -4.00. The number of aromatic nitrogens is 3. The Labute approximate surface area is 164 Å². The molecule has 3 heterocycles. The second kappa shape index (κ2) is 6.31. The molecule has 140 valence electrons. The smallest absolute Gasteiger partial charge is 0.270 e. The third-order valence-electron chi connectivity index (χ3n) is 4.55. The molecule has 3 aromatic rings. The lowest BCUT2D eigenvalue weighted by Gasteiger charge is -2.28. The standard InChI is InChI=1S/C17H16BrN5O3S/c1-11-7-16(24)21(2)13-5-3-4-6-14(13)23(11)27(25,26)15-9-20-22-10-12(18)8-19-17(15)22/h3-6,8-11H,7H2,1-2H3. The van der Waals surface area contributed by atoms with E-state index in [1.165, 1.54) is 26.1 Å². The number of sulfonamides is 1. The zero-order valence-corrected chi connectivity index (χ0v) is 17.0. The zero-order valence-electron chi connectivity index (χ0n) is 14.6. The Morgan fingerprint density at radius 3 is 2.63 bits per heavy atom. The van der Waals surface area contributed by atoms with E-state index >= 15 is 0 Å². The normalized spacial score (nSPS) is 17.9. The second-order valence-corrected chi connectivity index (χ2v) is 9.04. The maximum atomic E-state index is 13.6. The van der Waals surface area contributed by atoms with Gasteiger partial charge in [-0.2, -0.15) is 5.10 Å². The predicted octanol–water partition coefficient (Wildman–Crippen LogP) is 2.44. The number of rotatable bonds is 2. The van der Waals surface area contributed by atoms with E-state index in [1.54, 1.807) is 44.4 Å².